The van der Waals surface area contributed by atoms with Crippen molar-refractivity contribution >= 4 is 27.6 Å². The molecule has 0 heterocycles. The lowest BCUT2D eigenvalue weighted by Gasteiger charge is -2.08. The highest BCUT2D eigenvalue weighted by molar-refractivity contribution is 9.09. The van der Waals surface area contributed by atoms with Crippen LogP contribution in [0.15, 0.2) is 18.2 Å². The highest BCUT2D eigenvalue weighted by atomic mass is 79.9. The number of ether oxygens (including phenoxy) is 2. The van der Waals surface area contributed by atoms with E-state index in [4.69, 9.17) is 10.5 Å². The summed E-state index contributed by atoms with van der Waals surface area (Å²) in [7, 11) is 1.33. The molecule has 0 atom stereocenters. The number of halogens is 1. The van der Waals surface area contributed by atoms with Crippen LogP contribution in [0.5, 0.6) is 5.75 Å². The molecule has 0 aliphatic heterocycles. The van der Waals surface area contributed by atoms with E-state index < -0.39 is 5.97 Å². The summed E-state index contributed by atoms with van der Waals surface area (Å²) in [6.45, 7) is 0.495. The van der Waals surface area contributed by atoms with E-state index in [0.717, 1.165) is 0 Å². The molecule has 1 aromatic carbocycles. The van der Waals surface area contributed by atoms with Crippen molar-refractivity contribution in [2.75, 3.05) is 24.8 Å². The summed E-state index contributed by atoms with van der Waals surface area (Å²) in [5, 5.41) is 0.703. The van der Waals surface area contributed by atoms with Crippen molar-refractivity contribution in [2.45, 2.75) is 0 Å². The van der Waals surface area contributed by atoms with E-state index in [0.29, 0.717) is 28.9 Å². The van der Waals surface area contributed by atoms with Gasteiger partial charge in [0, 0.05) is 5.33 Å². The molecule has 4 nitrogen and oxygen atoms in total. The zero-order valence-electron chi connectivity index (χ0n) is 8.33. The van der Waals surface area contributed by atoms with Gasteiger partial charge in [-0.3, -0.25) is 0 Å². The van der Waals surface area contributed by atoms with Crippen LogP contribution in [0.1, 0.15) is 10.4 Å². The number of benzene rings is 1. The number of anilines is 1. The number of alkyl halides is 1. The number of nitrogens with two attached hydrogens (primary N) is 1. The number of hydrogen-bond donors (Lipinski definition) is 1. The Labute approximate surface area is 96.5 Å². The minimum Gasteiger partial charge on any atom is -0.491 e. The first-order valence-corrected chi connectivity index (χ1v) is 5.47. The summed E-state index contributed by atoms with van der Waals surface area (Å²) in [5.74, 6) is 0.0936. The van der Waals surface area contributed by atoms with Gasteiger partial charge >= 0.3 is 5.97 Å². The number of hydrogen-bond acceptors (Lipinski definition) is 4. The molecule has 5 heteroatoms. The average molecular weight is 274 g/mol. The van der Waals surface area contributed by atoms with Gasteiger partial charge < -0.3 is 15.2 Å². The molecule has 0 saturated heterocycles. The fraction of sp³-hybridized carbons (Fsp3) is 0.300. The highest BCUT2D eigenvalue weighted by Gasteiger charge is 2.08. The van der Waals surface area contributed by atoms with Crippen molar-refractivity contribution in [3.8, 4) is 5.75 Å². The topological polar surface area (TPSA) is 61.5 Å². The minimum absolute atomic E-state index is 0.404. The number of rotatable bonds is 4. The predicted octanol–water partition coefficient (Wildman–Crippen LogP) is 1.83. The molecule has 0 unspecified atom stereocenters. The maximum Gasteiger partial charge on any atom is 0.337 e. The molecular formula is C10H12BrNO3. The average Bonchev–Trinajstić information content (AvgIpc) is 2.27. The first kappa shape index (κ1) is 11.8. The molecule has 0 spiro atoms. The fourth-order valence-corrected chi connectivity index (χ4v) is 1.21. The Bertz CT molecular complexity index is 355. The van der Waals surface area contributed by atoms with Gasteiger partial charge in [-0.25, -0.2) is 4.79 Å². The van der Waals surface area contributed by atoms with Gasteiger partial charge in [-0.1, -0.05) is 15.9 Å². The predicted molar refractivity (Wildman–Crippen MR) is 61.5 cm³/mol. The minimum atomic E-state index is -0.404. The molecule has 15 heavy (non-hydrogen) atoms. The van der Waals surface area contributed by atoms with Crippen molar-refractivity contribution in [2.24, 2.45) is 0 Å². The van der Waals surface area contributed by atoms with E-state index in [1.807, 2.05) is 0 Å². The first-order chi connectivity index (χ1) is 7.19. The van der Waals surface area contributed by atoms with Crippen molar-refractivity contribution in [3.63, 3.8) is 0 Å². The monoisotopic (exact) mass is 273 g/mol. The normalized spacial score (nSPS) is 9.73. The number of carbonyl (C=O) groups is 1. The third-order valence-electron chi connectivity index (χ3n) is 1.77. The number of esters is 1. The second kappa shape index (κ2) is 5.60. The van der Waals surface area contributed by atoms with Crippen LogP contribution in [0, 0.1) is 0 Å². The maximum atomic E-state index is 11.2. The largest absolute Gasteiger partial charge is 0.491 e. The molecule has 0 aromatic heterocycles. The van der Waals surface area contributed by atoms with E-state index in [2.05, 4.69) is 20.7 Å². The van der Waals surface area contributed by atoms with Crippen molar-refractivity contribution < 1.29 is 14.3 Å². The zero-order valence-corrected chi connectivity index (χ0v) is 9.91. The molecule has 82 valence electrons. The van der Waals surface area contributed by atoms with Crippen LogP contribution in [0.25, 0.3) is 0 Å². The maximum absolute atomic E-state index is 11.2. The Morgan fingerprint density at radius 3 is 2.87 bits per heavy atom. The Hall–Kier alpha value is -1.23. The van der Waals surface area contributed by atoms with Gasteiger partial charge in [0.2, 0.25) is 0 Å². The molecule has 0 radical (unpaired) electrons. The quantitative estimate of drug-likeness (QED) is 0.517. The summed E-state index contributed by atoms with van der Waals surface area (Å²) < 4.78 is 9.93. The molecule has 0 bridgehead atoms. The third-order valence-corrected chi connectivity index (χ3v) is 2.09. The van der Waals surface area contributed by atoms with Crippen LogP contribution in [-0.4, -0.2) is 25.0 Å². The molecule has 1 aromatic rings. The molecule has 0 aliphatic carbocycles. The van der Waals surface area contributed by atoms with Gasteiger partial charge in [0.25, 0.3) is 0 Å². The lowest BCUT2D eigenvalue weighted by atomic mass is 10.2. The van der Waals surface area contributed by atoms with E-state index in [1.54, 1.807) is 18.2 Å². The van der Waals surface area contributed by atoms with E-state index in [-0.39, 0.29) is 0 Å². The van der Waals surface area contributed by atoms with Crippen LogP contribution in [0.3, 0.4) is 0 Å². The van der Waals surface area contributed by atoms with Crippen LogP contribution in [0.2, 0.25) is 0 Å². The van der Waals surface area contributed by atoms with Crippen LogP contribution in [0.4, 0.5) is 5.69 Å². The fourth-order valence-electron chi connectivity index (χ4n) is 1.05. The number of methoxy groups -OCH3 is 1. The summed E-state index contributed by atoms with van der Waals surface area (Å²) >= 11 is 3.24. The van der Waals surface area contributed by atoms with Crippen LogP contribution >= 0.6 is 15.9 Å². The van der Waals surface area contributed by atoms with Gasteiger partial charge in [-0.2, -0.15) is 0 Å². The standard InChI is InChI=1S/C10H12BrNO3/c1-14-10(13)7-2-3-8(12)9(6-7)15-5-4-11/h2-3,6H,4-5,12H2,1H3. The Morgan fingerprint density at radius 1 is 1.53 bits per heavy atom. The molecule has 1 rings (SSSR count). The van der Waals surface area contributed by atoms with Crippen LogP contribution < -0.4 is 10.5 Å². The Balaban J connectivity index is 2.89. The van der Waals surface area contributed by atoms with Gasteiger partial charge in [0.15, 0.2) is 0 Å². The van der Waals surface area contributed by atoms with Crippen molar-refractivity contribution in [3.05, 3.63) is 23.8 Å². The van der Waals surface area contributed by atoms with E-state index in [9.17, 15) is 4.79 Å². The SMILES string of the molecule is COC(=O)c1ccc(N)c(OCCBr)c1. The lowest BCUT2D eigenvalue weighted by Crippen LogP contribution is -2.05. The van der Waals surface area contributed by atoms with E-state index in [1.165, 1.54) is 7.11 Å². The van der Waals surface area contributed by atoms with Crippen molar-refractivity contribution in [1.82, 2.24) is 0 Å². The highest BCUT2D eigenvalue weighted by Crippen LogP contribution is 2.23. The molecular weight excluding hydrogens is 262 g/mol. The zero-order chi connectivity index (χ0) is 11.3. The Morgan fingerprint density at radius 2 is 2.27 bits per heavy atom. The smallest absolute Gasteiger partial charge is 0.337 e. The lowest BCUT2D eigenvalue weighted by molar-refractivity contribution is 0.0600. The molecule has 0 saturated carbocycles. The second-order valence-corrected chi connectivity index (χ2v) is 3.57. The van der Waals surface area contributed by atoms with Crippen molar-refractivity contribution in [1.29, 1.82) is 0 Å². The summed E-state index contributed by atoms with van der Waals surface area (Å²) in [6, 6.07) is 4.79. The van der Waals surface area contributed by atoms with Crippen LogP contribution in [-0.2, 0) is 4.74 Å². The number of nitrogen functional groups attached to an aromatic ring is 1. The first-order valence-electron chi connectivity index (χ1n) is 4.35. The molecule has 0 amide bonds. The van der Waals surface area contributed by atoms with Gasteiger partial charge in [0.1, 0.15) is 5.75 Å². The third kappa shape index (κ3) is 3.13. The van der Waals surface area contributed by atoms with Gasteiger partial charge in [-0.05, 0) is 18.2 Å². The summed E-state index contributed by atoms with van der Waals surface area (Å²) in [4.78, 5) is 11.2. The Kier molecular flexibility index (Phi) is 4.42. The molecule has 0 aliphatic rings. The van der Waals surface area contributed by atoms with Gasteiger partial charge in [0.05, 0.1) is 25.0 Å². The second-order valence-electron chi connectivity index (χ2n) is 2.78. The summed E-state index contributed by atoms with van der Waals surface area (Å²) in [5.41, 5.74) is 6.61. The molecule has 0 fully saturated rings. The number of carbonyl (C=O) groups excluding carboxylic acids is 1. The van der Waals surface area contributed by atoms with E-state index >= 15 is 0 Å². The van der Waals surface area contributed by atoms with Gasteiger partial charge in [-0.15, -0.1) is 0 Å². The molecule has 2 N–H and O–H groups in total. The summed E-state index contributed by atoms with van der Waals surface area (Å²) in [6.07, 6.45) is 0.